The van der Waals surface area contributed by atoms with Crippen LogP contribution >= 0.6 is 0 Å². The Morgan fingerprint density at radius 1 is 1.12 bits per heavy atom. The number of rotatable bonds is 4. The van der Waals surface area contributed by atoms with Crippen LogP contribution in [0, 0.1) is 11.3 Å². The Bertz CT molecular complexity index is 759. The summed E-state index contributed by atoms with van der Waals surface area (Å²) in [5, 5.41) is 9.51. The quantitative estimate of drug-likeness (QED) is 0.807. The number of carbonyl (C=O) groups is 1. The fraction of sp³-hybridized carbons (Fsp3) is 0.250. The highest BCUT2D eigenvalue weighted by atomic mass is 16.2. The van der Waals surface area contributed by atoms with Gasteiger partial charge in [-0.05, 0) is 17.7 Å². The highest BCUT2D eigenvalue weighted by molar-refractivity contribution is 5.91. The van der Waals surface area contributed by atoms with Gasteiger partial charge in [-0.25, -0.2) is 0 Å². The summed E-state index contributed by atoms with van der Waals surface area (Å²) in [6, 6.07) is 15.6. The first kappa shape index (κ1) is 16.9. The van der Waals surface area contributed by atoms with E-state index < -0.39 is 0 Å². The van der Waals surface area contributed by atoms with E-state index in [-0.39, 0.29) is 11.9 Å². The summed E-state index contributed by atoms with van der Waals surface area (Å²) in [7, 11) is 0. The molecule has 1 aromatic heterocycles. The Kier molecular flexibility index (Phi) is 5.55. The fourth-order valence-electron chi connectivity index (χ4n) is 2.94. The molecule has 1 aliphatic heterocycles. The van der Waals surface area contributed by atoms with Crippen molar-refractivity contribution in [1.29, 1.82) is 5.26 Å². The van der Waals surface area contributed by atoms with Gasteiger partial charge in [-0.1, -0.05) is 36.4 Å². The highest BCUT2D eigenvalue weighted by Gasteiger charge is 2.26. The summed E-state index contributed by atoms with van der Waals surface area (Å²) in [5.74, 6) is 0.0124. The number of amides is 1. The standard InChI is InChI=1S/C20H20N4O/c21-15-19(18-7-4-10-22-16-18)23-11-13-24(14-12-23)20(25)9-8-17-5-2-1-3-6-17/h1-10,16,19H,11-14H2. The van der Waals surface area contributed by atoms with E-state index in [1.54, 1.807) is 18.5 Å². The lowest BCUT2D eigenvalue weighted by atomic mass is 10.1. The number of piperazine rings is 1. The second kappa shape index (κ2) is 8.22. The highest BCUT2D eigenvalue weighted by Crippen LogP contribution is 2.20. The molecule has 25 heavy (non-hydrogen) atoms. The predicted molar refractivity (Wildman–Crippen MR) is 96.2 cm³/mol. The first-order valence-corrected chi connectivity index (χ1v) is 8.33. The van der Waals surface area contributed by atoms with Gasteiger partial charge >= 0.3 is 0 Å². The Hall–Kier alpha value is -2.97. The number of carbonyl (C=O) groups excluding carboxylic acids is 1. The average Bonchev–Trinajstić information content (AvgIpc) is 2.69. The van der Waals surface area contributed by atoms with Crippen LogP contribution in [0.15, 0.2) is 60.9 Å². The molecule has 0 radical (unpaired) electrons. The second-order valence-electron chi connectivity index (χ2n) is 5.92. The zero-order valence-corrected chi connectivity index (χ0v) is 14.0. The number of hydrogen-bond donors (Lipinski definition) is 0. The third kappa shape index (κ3) is 4.31. The van der Waals surface area contributed by atoms with Gasteiger partial charge < -0.3 is 4.90 Å². The van der Waals surface area contributed by atoms with Crippen molar-refractivity contribution in [3.05, 3.63) is 72.1 Å². The average molecular weight is 332 g/mol. The van der Waals surface area contributed by atoms with Crippen LogP contribution in [0.5, 0.6) is 0 Å². The molecule has 126 valence electrons. The molecule has 0 aliphatic carbocycles. The number of nitrogens with zero attached hydrogens (tertiary/aromatic N) is 4. The lowest BCUT2D eigenvalue weighted by molar-refractivity contribution is -0.127. The Balaban J connectivity index is 1.57. The minimum atomic E-state index is -0.314. The lowest BCUT2D eigenvalue weighted by Gasteiger charge is -2.36. The summed E-state index contributed by atoms with van der Waals surface area (Å²) in [4.78, 5) is 20.4. The van der Waals surface area contributed by atoms with E-state index in [2.05, 4.69) is 16.0 Å². The van der Waals surface area contributed by atoms with Gasteiger partial charge in [0.2, 0.25) is 5.91 Å². The van der Waals surface area contributed by atoms with E-state index in [4.69, 9.17) is 0 Å². The van der Waals surface area contributed by atoms with Crippen LogP contribution in [-0.4, -0.2) is 46.9 Å². The lowest BCUT2D eigenvalue weighted by Crippen LogP contribution is -2.49. The molecule has 1 aliphatic rings. The van der Waals surface area contributed by atoms with E-state index in [1.165, 1.54) is 0 Å². The number of aromatic nitrogens is 1. The SMILES string of the molecule is N#CC(c1cccnc1)N1CCN(C(=O)C=Cc2ccccc2)CC1. The summed E-state index contributed by atoms with van der Waals surface area (Å²) < 4.78 is 0. The number of nitriles is 1. The Labute approximate surface area is 147 Å². The van der Waals surface area contributed by atoms with E-state index in [1.807, 2.05) is 53.4 Å². The van der Waals surface area contributed by atoms with Crippen LogP contribution in [0.3, 0.4) is 0 Å². The van der Waals surface area contributed by atoms with Crippen molar-refractivity contribution in [2.24, 2.45) is 0 Å². The van der Waals surface area contributed by atoms with Crippen molar-refractivity contribution in [2.45, 2.75) is 6.04 Å². The van der Waals surface area contributed by atoms with E-state index in [0.717, 1.165) is 11.1 Å². The zero-order valence-electron chi connectivity index (χ0n) is 14.0. The molecule has 3 rings (SSSR count). The topological polar surface area (TPSA) is 60.2 Å². The number of benzene rings is 1. The van der Waals surface area contributed by atoms with Gasteiger partial charge in [-0.3, -0.25) is 14.7 Å². The molecular weight excluding hydrogens is 312 g/mol. The molecule has 1 unspecified atom stereocenters. The van der Waals surface area contributed by atoms with Crippen LogP contribution in [0.25, 0.3) is 6.08 Å². The van der Waals surface area contributed by atoms with Crippen LogP contribution in [0.2, 0.25) is 0 Å². The molecule has 0 bridgehead atoms. The van der Waals surface area contributed by atoms with Crippen LogP contribution in [0.4, 0.5) is 0 Å². The Morgan fingerprint density at radius 2 is 1.88 bits per heavy atom. The van der Waals surface area contributed by atoms with E-state index in [0.29, 0.717) is 26.2 Å². The van der Waals surface area contributed by atoms with Crippen molar-refractivity contribution in [1.82, 2.24) is 14.8 Å². The van der Waals surface area contributed by atoms with E-state index in [9.17, 15) is 10.1 Å². The first-order chi connectivity index (χ1) is 12.3. The smallest absolute Gasteiger partial charge is 0.246 e. The largest absolute Gasteiger partial charge is 0.337 e. The number of pyridine rings is 1. The van der Waals surface area contributed by atoms with Crippen molar-refractivity contribution in [3.8, 4) is 6.07 Å². The minimum absolute atomic E-state index is 0.0124. The molecule has 5 heteroatoms. The maximum absolute atomic E-state index is 12.3. The summed E-state index contributed by atoms with van der Waals surface area (Å²) >= 11 is 0. The molecule has 2 aromatic rings. The molecule has 2 heterocycles. The second-order valence-corrected chi connectivity index (χ2v) is 5.92. The van der Waals surface area contributed by atoms with Crippen LogP contribution < -0.4 is 0 Å². The molecule has 0 saturated carbocycles. The van der Waals surface area contributed by atoms with E-state index >= 15 is 0 Å². The fourth-order valence-corrected chi connectivity index (χ4v) is 2.94. The van der Waals surface area contributed by atoms with Gasteiger partial charge in [0.05, 0.1) is 6.07 Å². The zero-order chi connectivity index (χ0) is 17.5. The van der Waals surface area contributed by atoms with Crippen molar-refractivity contribution >= 4 is 12.0 Å². The van der Waals surface area contributed by atoms with Crippen molar-refractivity contribution < 1.29 is 4.79 Å². The maximum atomic E-state index is 12.3. The van der Waals surface area contributed by atoms with Crippen molar-refractivity contribution in [3.63, 3.8) is 0 Å². The molecule has 1 fully saturated rings. The van der Waals surface area contributed by atoms with Gasteiger partial charge in [0.25, 0.3) is 0 Å². The monoisotopic (exact) mass is 332 g/mol. The summed E-state index contributed by atoms with van der Waals surface area (Å²) in [6.07, 6.45) is 6.89. The molecule has 1 aromatic carbocycles. The van der Waals surface area contributed by atoms with Crippen LogP contribution in [0.1, 0.15) is 17.2 Å². The summed E-state index contributed by atoms with van der Waals surface area (Å²) in [6.45, 7) is 2.60. The molecule has 5 nitrogen and oxygen atoms in total. The minimum Gasteiger partial charge on any atom is -0.337 e. The van der Waals surface area contributed by atoms with Crippen molar-refractivity contribution in [2.75, 3.05) is 26.2 Å². The Morgan fingerprint density at radius 3 is 2.52 bits per heavy atom. The van der Waals surface area contributed by atoms with Crippen LogP contribution in [-0.2, 0) is 4.79 Å². The molecule has 1 saturated heterocycles. The van der Waals surface area contributed by atoms with Gasteiger partial charge in [0.15, 0.2) is 0 Å². The van der Waals surface area contributed by atoms with Gasteiger partial charge in [0.1, 0.15) is 6.04 Å². The third-order valence-electron chi connectivity index (χ3n) is 4.33. The molecular formula is C20H20N4O. The predicted octanol–water partition coefficient (Wildman–Crippen LogP) is 2.50. The normalized spacial score (nSPS) is 16.5. The molecule has 1 atom stereocenters. The first-order valence-electron chi connectivity index (χ1n) is 8.33. The maximum Gasteiger partial charge on any atom is 0.246 e. The number of hydrogen-bond acceptors (Lipinski definition) is 4. The van der Waals surface area contributed by atoms with Gasteiger partial charge in [0, 0.05) is 50.2 Å². The summed E-state index contributed by atoms with van der Waals surface area (Å²) in [5.41, 5.74) is 1.91. The molecule has 1 amide bonds. The van der Waals surface area contributed by atoms with Gasteiger partial charge in [-0.15, -0.1) is 0 Å². The molecule has 0 N–H and O–H groups in total. The van der Waals surface area contributed by atoms with Gasteiger partial charge in [-0.2, -0.15) is 5.26 Å². The molecule has 0 spiro atoms. The third-order valence-corrected chi connectivity index (χ3v) is 4.33.